The Morgan fingerprint density at radius 1 is 0.490 bits per heavy atom. The van der Waals surface area contributed by atoms with E-state index in [1.165, 1.54) is 113 Å². The molecule has 2 fully saturated rings. The van der Waals surface area contributed by atoms with Crippen LogP contribution in [0.4, 0.5) is 0 Å². The smallest absolute Gasteiger partial charge is 0.246 e. The predicted molar refractivity (Wildman–Crippen MR) is 394 cm³/mol. The lowest BCUT2D eigenvalue weighted by atomic mass is 9.91. The standard InChI is InChI=1S/C73H133N13O13S/c1-27-29-30-49(15)61(87)60-65(91)76-52(28-2)67(93)82(24)57(42-100-36-35-85-31-33-86(34-32-85)41-46(9)10)70(96)81(23)56(40-73(18,19)99)64(90)77-58(47(11)12)71(97)78(20)53(37-43(3)4)63(89)74-50(16)62(88)75-51(17)66(92)79(21)54(38-44(5)6)68(94)80(22)55(39-45(7)8)69(95)83(25)59(48(13)14)72(98)84(60)26/h27,29,43-61,87,99H,28,30-42H2,1-26H3,(H,74,89)(H,75,88)(H,76,91)(H,77,90)/b29-27+/t49-,50+,51-,52+,53+,54+,55+,56+,57-,58+,59+,60+,61-/m1/s1. The molecule has 0 spiro atoms. The second-order valence-corrected chi connectivity index (χ2v) is 32.5. The van der Waals surface area contributed by atoms with Crippen LogP contribution >= 0.6 is 11.8 Å². The first kappa shape index (κ1) is 90.2. The summed E-state index contributed by atoms with van der Waals surface area (Å²) in [5, 5.41) is 35.0. The van der Waals surface area contributed by atoms with Crippen LogP contribution in [0.5, 0.6) is 0 Å². The number of aliphatic hydroxyl groups excluding tert-OH is 1. The van der Waals surface area contributed by atoms with Crippen molar-refractivity contribution in [1.82, 2.24) is 65.4 Å². The zero-order chi connectivity index (χ0) is 76.9. The van der Waals surface area contributed by atoms with Crippen molar-refractivity contribution in [2.75, 3.05) is 100 Å². The molecular weight excluding hydrogens is 1300 g/mol. The maximum absolute atomic E-state index is 15.6. The number of likely N-dealkylation sites (N-methyl/N-ethyl adjacent to an activating group) is 7. The van der Waals surface area contributed by atoms with Gasteiger partial charge >= 0.3 is 0 Å². The number of hydrogen-bond acceptors (Lipinski definition) is 16. The summed E-state index contributed by atoms with van der Waals surface area (Å²) in [6.07, 6.45) is 2.38. The normalized spacial score (nSPS) is 26.9. The first-order valence-electron chi connectivity index (χ1n) is 36.4. The van der Waals surface area contributed by atoms with Gasteiger partial charge in [0.1, 0.15) is 66.5 Å². The topological polar surface area (TPSA) is 306 Å². The van der Waals surface area contributed by atoms with Gasteiger partial charge in [0.2, 0.25) is 65.0 Å². The average Bonchev–Trinajstić information content (AvgIpc) is 0.803. The second kappa shape index (κ2) is 41.4. The van der Waals surface area contributed by atoms with Crippen molar-refractivity contribution in [3.63, 3.8) is 0 Å². The molecule has 13 atom stereocenters. The number of carbonyl (C=O) groups is 11. The van der Waals surface area contributed by atoms with Gasteiger partial charge in [-0.15, -0.1) is 0 Å². The molecule has 27 heteroatoms. The number of carbonyl (C=O) groups excluding carboxylic acids is 11. The van der Waals surface area contributed by atoms with Crippen molar-refractivity contribution in [2.45, 2.75) is 248 Å². The Kier molecular flexibility index (Phi) is 37.3. The molecule has 0 unspecified atom stereocenters. The van der Waals surface area contributed by atoms with Crippen molar-refractivity contribution >= 4 is 76.7 Å². The summed E-state index contributed by atoms with van der Waals surface area (Å²) in [5.74, 6) is -9.13. The Morgan fingerprint density at radius 2 is 0.930 bits per heavy atom. The van der Waals surface area contributed by atoms with Gasteiger partial charge in [0.25, 0.3) is 0 Å². The molecule has 0 aromatic carbocycles. The molecule has 2 aliphatic rings. The highest BCUT2D eigenvalue weighted by atomic mass is 32.2. The lowest BCUT2D eigenvalue weighted by Gasteiger charge is -2.41. The minimum Gasteiger partial charge on any atom is -0.390 e. The average molecular weight is 1430 g/mol. The third kappa shape index (κ3) is 26.4. The lowest BCUT2D eigenvalue weighted by Crippen LogP contribution is -2.64. The van der Waals surface area contributed by atoms with Gasteiger partial charge < -0.3 is 70.7 Å². The molecule has 6 N–H and O–H groups in total. The maximum Gasteiger partial charge on any atom is 0.246 e. The number of nitrogens with zero attached hydrogens (tertiary/aromatic N) is 9. The third-order valence-corrected chi connectivity index (χ3v) is 20.3. The fourth-order valence-electron chi connectivity index (χ4n) is 13.1. The third-order valence-electron chi connectivity index (χ3n) is 19.3. The van der Waals surface area contributed by atoms with Crippen molar-refractivity contribution in [1.29, 1.82) is 0 Å². The molecule has 26 nitrogen and oxygen atoms in total. The summed E-state index contributed by atoms with van der Waals surface area (Å²) in [6.45, 7) is 38.6. The zero-order valence-corrected chi connectivity index (χ0v) is 66.7. The molecule has 2 saturated heterocycles. The molecule has 0 aliphatic carbocycles. The van der Waals surface area contributed by atoms with E-state index in [2.05, 4.69) is 44.9 Å². The highest BCUT2D eigenvalue weighted by molar-refractivity contribution is 7.99. The summed E-state index contributed by atoms with van der Waals surface area (Å²) in [5.41, 5.74) is -1.59. The highest BCUT2D eigenvalue weighted by Gasteiger charge is 2.47. The van der Waals surface area contributed by atoms with E-state index in [9.17, 15) is 29.4 Å². The summed E-state index contributed by atoms with van der Waals surface area (Å²) in [6, 6.07) is -14.4. The van der Waals surface area contributed by atoms with Crippen LogP contribution in [0, 0.1) is 41.4 Å². The van der Waals surface area contributed by atoms with Crippen molar-refractivity contribution in [3.05, 3.63) is 12.2 Å². The van der Waals surface area contributed by atoms with Crippen molar-refractivity contribution in [2.24, 2.45) is 41.4 Å². The number of thioether (sulfide) groups is 1. The largest absolute Gasteiger partial charge is 0.390 e. The van der Waals surface area contributed by atoms with Crippen LogP contribution in [-0.2, 0) is 52.7 Å². The number of nitrogens with one attached hydrogen (secondary N) is 4. The van der Waals surface area contributed by atoms with Gasteiger partial charge in [-0.1, -0.05) is 109 Å². The Morgan fingerprint density at radius 3 is 1.41 bits per heavy atom. The first-order valence-corrected chi connectivity index (χ1v) is 37.6. The van der Waals surface area contributed by atoms with Crippen molar-refractivity contribution < 1.29 is 63.0 Å². The van der Waals surface area contributed by atoms with E-state index in [1.54, 1.807) is 54.5 Å². The van der Waals surface area contributed by atoms with Crippen LogP contribution in [0.25, 0.3) is 0 Å². The molecule has 0 saturated carbocycles. The van der Waals surface area contributed by atoms with E-state index in [4.69, 9.17) is 0 Å². The highest BCUT2D eigenvalue weighted by Crippen LogP contribution is 2.27. The molecule has 574 valence electrons. The van der Waals surface area contributed by atoms with E-state index in [-0.39, 0.29) is 62.0 Å². The number of hydrogen-bond donors (Lipinski definition) is 6. The Bertz CT molecular complexity index is 2740. The van der Waals surface area contributed by atoms with Gasteiger partial charge in [-0.05, 0) is 108 Å². The summed E-state index contributed by atoms with van der Waals surface area (Å²) in [4.78, 5) is 178. The Hall–Kier alpha value is -5.90. The summed E-state index contributed by atoms with van der Waals surface area (Å²) in [7, 11) is 9.95. The van der Waals surface area contributed by atoms with Gasteiger partial charge in [0.05, 0.1) is 11.7 Å². The molecule has 2 rings (SSSR count). The zero-order valence-electron chi connectivity index (χ0n) is 65.8. The van der Waals surface area contributed by atoms with Crippen LogP contribution < -0.4 is 21.3 Å². The fourth-order valence-corrected chi connectivity index (χ4v) is 14.2. The number of amides is 11. The number of piperazine rings is 1. The SMILES string of the molecule is C/C=C/C[C@@H](C)[C@@H](O)[C@H]1C(=O)N[C@@H](CC)C(=O)N(C)[C@H](CSCCN2CCN(CC(C)C)CC2)C(=O)N(C)[C@@H](CC(C)(C)O)C(=O)N[C@@H](C(C)C)C(=O)N(C)[C@@H](CC(C)C)C(=O)N[C@@H](C)C(=O)N[C@H](C)C(=O)N(C)[C@@H](CC(C)C)C(=O)N(C)[C@@H](CC(C)C)C(=O)N(C)[C@@H](C(C)C)C(=O)N1C. The van der Waals surface area contributed by atoms with Gasteiger partial charge in [0.15, 0.2) is 0 Å². The monoisotopic (exact) mass is 1430 g/mol. The van der Waals surface area contributed by atoms with E-state index >= 15 is 33.6 Å². The Balaban J connectivity index is 3.11. The minimum atomic E-state index is -1.66. The van der Waals surface area contributed by atoms with E-state index < -0.39 is 161 Å². The minimum absolute atomic E-state index is 0.0238. The lowest BCUT2D eigenvalue weighted by molar-refractivity contribution is -0.157. The maximum atomic E-state index is 15.6. The molecular formula is C73H133N13O13S. The molecule has 2 heterocycles. The number of rotatable bonds is 22. The second-order valence-electron chi connectivity index (χ2n) is 31.3. The molecule has 2 aliphatic heterocycles. The van der Waals surface area contributed by atoms with Gasteiger partial charge in [-0.3, -0.25) is 57.6 Å². The van der Waals surface area contributed by atoms with Gasteiger partial charge in [-0.25, -0.2) is 0 Å². The molecule has 0 aromatic rings. The fraction of sp³-hybridized carbons (Fsp3) is 0.822. The molecule has 100 heavy (non-hydrogen) atoms. The van der Waals surface area contributed by atoms with Crippen LogP contribution in [0.2, 0.25) is 0 Å². The molecule has 0 aromatic heterocycles. The van der Waals surface area contributed by atoms with E-state index in [0.29, 0.717) is 18.2 Å². The van der Waals surface area contributed by atoms with Crippen LogP contribution in [0.1, 0.15) is 170 Å². The van der Waals surface area contributed by atoms with Crippen LogP contribution in [0.15, 0.2) is 12.2 Å². The first-order chi connectivity index (χ1) is 46.3. The number of allylic oxidation sites excluding steroid dienone is 2. The van der Waals surface area contributed by atoms with E-state index in [1.807, 2.05) is 47.6 Å². The van der Waals surface area contributed by atoms with E-state index in [0.717, 1.165) is 42.5 Å². The number of aliphatic hydroxyl groups is 2. The Labute approximate surface area is 604 Å². The molecule has 0 radical (unpaired) electrons. The van der Waals surface area contributed by atoms with Crippen LogP contribution in [0.3, 0.4) is 0 Å². The summed E-state index contributed by atoms with van der Waals surface area (Å²) < 4.78 is 0. The van der Waals surface area contributed by atoms with Crippen molar-refractivity contribution in [3.8, 4) is 0 Å². The molecule has 0 bridgehead atoms. The summed E-state index contributed by atoms with van der Waals surface area (Å²) >= 11 is 1.43. The molecule has 11 amide bonds. The van der Waals surface area contributed by atoms with Gasteiger partial charge in [-0.2, -0.15) is 11.8 Å². The van der Waals surface area contributed by atoms with Gasteiger partial charge in [0, 0.05) is 107 Å². The predicted octanol–water partition coefficient (Wildman–Crippen LogP) is 3.76. The quantitative estimate of drug-likeness (QED) is 0.0664. The van der Waals surface area contributed by atoms with Crippen LogP contribution in [-0.4, -0.2) is 298 Å².